The van der Waals surface area contributed by atoms with E-state index in [9.17, 15) is 0 Å². The number of ether oxygens (including phenoxy) is 1. The van der Waals surface area contributed by atoms with Gasteiger partial charge in [-0.15, -0.1) is 24.0 Å². The highest BCUT2D eigenvalue weighted by Crippen LogP contribution is 2.11. The molecule has 3 aromatic rings. The third-order valence-electron chi connectivity index (χ3n) is 4.72. The summed E-state index contributed by atoms with van der Waals surface area (Å²) in [5.41, 5.74) is 4.84. The fourth-order valence-electron chi connectivity index (χ4n) is 3.10. The Labute approximate surface area is 202 Å². The van der Waals surface area contributed by atoms with Gasteiger partial charge in [0.2, 0.25) is 0 Å². The van der Waals surface area contributed by atoms with Crippen LogP contribution in [0.25, 0.3) is 0 Å². The standard InChI is InChI=1S/C24H31N5O.HI/c1-3-25-24(26-16-20-10-12-21(13-11-20)19-30-4-2)27-17-22-8-5-6-9-23(22)18-29-15-7-14-28-29;/h5-15H,3-4,16-19H2,1-2H3,(H2,25,26,27);1H. The van der Waals surface area contributed by atoms with Gasteiger partial charge in [0.15, 0.2) is 5.96 Å². The average molecular weight is 533 g/mol. The molecule has 1 heterocycles. The lowest BCUT2D eigenvalue weighted by Gasteiger charge is -2.14. The molecule has 0 aliphatic carbocycles. The number of guanidine groups is 1. The van der Waals surface area contributed by atoms with Crippen LogP contribution in [0.3, 0.4) is 0 Å². The predicted molar refractivity (Wildman–Crippen MR) is 137 cm³/mol. The van der Waals surface area contributed by atoms with Gasteiger partial charge in [-0.2, -0.15) is 5.10 Å². The van der Waals surface area contributed by atoms with Crippen LogP contribution in [0.15, 0.2) is 72.0 Å². The molecule has 2 aromatic carbocycles. The van der Waals surface area contributed by atoms with Gasteiger partial charge in [0.1, 0.15) is 0 Å². The predicted octanol–water partition coefficient (Wildman–Crippen LogP) is 4.34. The smallest absolute Gasteiger partial charge is 0.191 e. The molecule has 3 rings (SSSR count). The van der Waals surface area contributed by atoms with Crippen molar-refractivity contribution < 1.29 is 4.74 Å². The van der Waals surface area contributed by atoms with Crippen LogP contribution in [0.5, 0.6) is 0 Å². The lowest BCUT2D eigenvalue weighted by molar-refractivity contribution is 0.134. The molecular weight excluding hydrogens is 501 g/mol. The molecule has 0 aliphatic rings. The summed E-state index contributed by atoms with van der Waals surface area (Å²) < 4.78 is 7.39. The van der Waals surface area contributed by atoms with E-state index in [0.29, 0.717) is 19.7 Å². The lowest BCUT2D eigenvalue weighted by atomic mass is 10.1. The number of hydrogen-bond donors (Lipinski definition) is 2. The van der Waals surface area contributed by atoms with Gasteiger partial charge >= 0.3 is 0 Å². The van der Waals surface area contributed by atoms with Crippen LogP contribution in [0.4, 0.5) is 0 Å². The Morgan fingerprint density at radius 1 is 0.968 bits per heavy atom. The molecule has 166 valence electrons. The van der Waals surface area contributed by atoms with Gasteiger partial charge < -0.3 is 15.4 Å². The Hall–Kier alpha value is -2.39. The zero-order valence-electron chi connectivity index (χ0n) is 18.3. The highest BCUT2D eigenvalue weighted by Gasteiger charge is 2.05. The van der Waals surface area contributed by atoms with E-state index in [1.165, 1.54) is 22.3 Å². The van der Waals surface area contributed by atoms with Crippen LogP contribution < -0.4 is 10.6 Å². The van der Waals surface area contributed by atoms with E-state index >= 15 is 0 Å². The van der Waals surface area contributed by atoms with E-state index < -0.39 is 0 Å². The van der Waals surface area contributed by atoms with Crippen LogP contribution >= 0.6 is 24.0 Å². The summed E-state index contributed by atoms with van der Waals surface area (Å²) in [6.07, 6.45) is 3.79. The third kappa shape index (κ3) is 8.34. The van der Waals surface area contributed by atoms with Crippen LogP contribution in [-0.2, 0) is 31.0 Å². The summed E-state index contributed by atoms with van der Waals surface area (Å²) >= 11 is 0. The first kappa shape index (κ1) is 24.9. The van der Waals surface area contributed by atoms with Gasteiger partial charge in [0.25, 0.3) is 0 Å². The van der Waals surface area contributed by atoms with Crippen molar-refractivity contribution >= 4 is 29.9 Å². The maximum atomic E-state index is 5.45. The number of rotatable bonds is 10. The number of benzene rings is 2. The van der Waals surface area contributed by atoms with Crippen LogP contribution in [-0.4, -0.2) is 28.9 Å². The zero-order chi connectivity index (χ0) is 21.0. The van der Waals surface area contributed by atoms with Gasteiger partial charge in [0.05, 0.1) is 19.7 Å². The van der Waals surface area contributed by atoms with Gasteiger partial charge in [0, 0.05) is 32.1 Å². The minimum Gasteiger partial charge on any atom is -0.377 e. The second-order valence-electron chi connectivity index (χ2n) is 6.97. The molecular formula is C24H32IN5O. The third-order valence-corrected chi connectivity index (χ3v) is 4.72. The number of halogens is 1. The Bertz CT molecular complexity index is 910. The summed E-state index contributed by atoms with van der Waals surface area (Å²) in [6, 6.07) is 18.8. The van der Waals surface area contributed by atoms with Crippen molar-refractivity contribution in [1.29, 1.82) is 0 Å². The average Bonchev–Trinajstić information content (AvgIpc) is 3.29. The Morgan fingerprint density at radius 3 is 2.39 bits per heavy atom. The summed E-state index contributed by atoms with van der Waals surface area (Å²) in [6.45, 7) is 8.37. The van der Waals surface area contributed by atoms with Crippen molar-refractivity contribution in [2.75, 3.05) is 13.2 Å². The van der Waals surface area contributed by atoms with Gasteiger partial charge in [-0.25, -0.2) is 4.99 Å². The highest BCUT2D eigenvalue weighted by atomic mass is 127. The molecule has 31 heavy (non-hydrogen) atoms. The Balaban J connectivity index is 0.00000341. The van der Waals surface area contributed by atoms with E-state index in [1.54, 1.807) is 6.20 Å². The van der Waals surface area contributed by atoms with E-state index in [-0.39, 0.29) is 24.0 Å². The van der Waals surface area contributed by atoms with Crippen LogP contribution in [0.2, 0.25) is 0 Å². The van der Waals surface area contributed by atoms with Crippen LogP contribution in [0, 0.1) is 0 Å². The molecule has 0 saturated carbocycles. The Morgan fingerprint density at radius 2 is 1.71 bits per heavy atom. The minimum atomic E-state index is 0. The SMILES string of the molecule is CCNC(=NCc1ccc(COCC)cc1)NCc1ccccc1Cn1cccn1.I. The second-order valence-corrected chi connectivity index (χ2v) is 6.97. The molecule has 0 aliphatic heterocycles. The van der Waals surface area contributed by atoms with E-state index in [4.69, 9.17) is 9.73 Å². The van der Waals surface area contributed by atoms with E-state index in [1.807, 2.05) is 23.9 Å². The molecule has 0 radical (unpaired) electrons. The monoisotopic (exact) mass is 533 g/mol. The minimum absolute atomic E-state index is 0. The van der Waals surface area contributed by atoms with E-state index in [2.05, 4.69) is 71.2 Å². The normalized spacial score (nSPS) is 11.1. The van der Waals surface area contributed by atoms with Gasteiger partial charge in [-0.05, 0) is 42.2 Å². The summed E-state index contributed by atoms with van der Waals surface area (Å²) in [5.74, 6) is 0.810. The molecule has 0 fully saturated rings. The molecule has 7 heteroatoms. The number of hydrogen-bond acceptors (Lipinski definition) is 3. The van der Waals surface area contributed by atoms with Crippen molar-refractivity contribution in [3.63, 3.8) is 0 Å². The number of nitrogens with one attached hydrogen (secondary N) is 2. The fraction of sp³-hybridized carbons (Fsp3) is 0.333. The molecule has 2 N–H and O–H groups in total. The van der Waals surface area contributed by atoms with Crippen molar-refractivity contribution in [1.82, 2.24) is 20.4 Å². The first-order chi connectivity index (χ1) is 14.8. The second kappa shape index (κ2) is 13.8. The zero-order valence-corrected chi connectivity index (χ0v) is 20.6. The molecule has 1 aromatic heterocycles. The summed E-state index contributed by atoms with van der Waals surface area (Å²) in [5, 5.41) is 11.1. The number of aliphatic imine (C=N–C) groups is 1. The molecule has 0 bridgehead atoms. The first-order valence-corrected chi connectivity index (χ1v) is 10.5. The van der Waals surface area contributed by atoms with Crippen molar-refractivity contribution in [3.8, 4) is 0 Å². The molecule has 0 spiro atoms. The molecule has 6 nitrogen and oxygen atoms in total. The molecule has 0 saturated heterocycles. The largest absolute Gasteiger partial charge is 0.377 e. The lowest BCUT2D eigenvalue weighted by Crippen LogP contribution is -2.37. The van der Waals surface area contributed by atoms with Crippen molar-refractivity contribution in [3.05, 3.63) is 89.2 Å². The van der Waals surface area contributed by atoms with Crippen molar-refractivity contribution in [2.24, 2.45) is 4.99 Å². The van der Waals surface area contributed by atoms with Crippen LogP contribution in [0.1, 0.15) is 36.1 Å². The van der Waals surface area contributed by atoms with E-state index in [0.717, 1.165) is 25.7 Å². The van der Waals surface area contributed by atoms with Gasteiger partial charge in [-0.1, -0.05) is 48.5 Å². The molecule has 0 unspecified atom stereocenters. The maximum Gasteiger partial charge on any atom is 0.191 e. The summed E-state index contributed by atoms with van der Waals surface area (Å²) in [7, 11) is 0. The summed E-state index contributed by atoms with van der Waals surface area (Å²) in [4.78, 5) is 4.74. The fourth-order valence-corrected chi connectivity index (χ4v) is 3.10. The highest BCUT2D eigenvalue weighted by molar-refractivity contribution is 14.0. The first-order valence-electron chi connectivity index (χ1n) is 10.5. The van der Waals surface area contributed by atoms with Crippen molar-refractivity contribution in [2.45, 2.75) is 40.1 Å². The van der Waals surface area contributed by atoms with Gasteiger partial charge in [-0.3, -0.25) is 4.68 Å². The maximum absolute atomic E-state index is 5.45. The number of aromatic nitrogens is 2. The quantitative estimate of drug-likeness (QED) is 0.231. The number of nitrogens with zero attached hydrogens (tertiary/aromatic N) is 3. The molecule has 0 amide bonds. The molecule has 0 atom stereocenters. The Kier molecular flexibility index (Phi) is 11.1. The topological polar surface area (TPSA) is 63.5 Å².